The molecule has 130 valence electrons. The summed E-state index contributed by atoms with van der Waals surface area (Å²) >= 11 is 0. The second-order valence-corrected chi connectivity index (χ2v) is 5.19. The number of H-pyrrole nitrogens is 1. The second-order valence-electron chi connectivity index (χ2n) is 5.19. The first kappa shape index (κ1) is 16.7. The summed E-state index contributed by atoms with van der Waals surface area (Å²) in [7, 11) is 0. The summed E-state index contributed by atoms with van der Waals surface area (Å²) in [6, 6.07) is 4.23. The minimum atomic E-state index is -5.28. The molecule has 2 N–H and O–H groups in total. The van der Waals surface area contributed by atoms with Gasteiger partial charge in [0.2, 0.25) is 0 Å². The van der Waals surface area contributed by atoms with Gasteiger partial charge in [0.05, 0.1) is 5.56 Å². The maximum absolute atomic E-state index is 12.1. The summed E-state index contributed by atoms with van der Waals surface area (Å²) in [4.78, 5) is 40.8. The molecule has 0 spiro atoms. The summed E-state index contributed by atoms with van der Waals surface area (Å²) < 4.78 is 40.2. The monoisotopic (exact) mass is 353 g/mol. The van der Waals surface area contributed by atoms with Crippen LogP contribution in [0.4, 0.5) is 13.2 Å². The molecule has 1 aliphatic heterocycles. The lowest BCUT2D eigenvalue weighted by atomic mass is 10.1. The molecular weight excluding hydrogens is 343 g/mol. The lowest BCUT2D eigenvalue weighted by Crippen LogP contribution is -2.31. The number of halogens is 3. The van der Waals surface area contributed by atoms with E-state index in [0.29, 0.717) is 35.5 Å². The summed E-state index contributed by atoms with van der Waals surface area (Å²) in [6.07, 6.45) is -3.50. The van der Waals surface area contributed by atoms with Gasteiger partial charge in [-0.15, -0.1) is 0 Å². The van der Waals surface area contributed by atoms with Gasteiger partial charge in [-0.25, -0.2) is 14.6 Å². The Morgan fingerprint density at radius 3 is 2.68 bits per heavy atom. The van der Waals surface area contributed by atoms with E-state index < -0.39 is 23.8 Å². The third-order valence-corrected chi connectivity index (χ3v) is 3.50. The van der Waals surface area contributed by atoms with E-state index in [1.165, 1.54) is 18.3 Å². The molecule has 25 heavy (non-hydrogen) atoms. The maximum Gasteiger partial charge on any atom is 0.491 e. The molecule has 0 fully saturated rings. The summed E-state index contributed by atoms with van der Waals surface area (Å²) in [5.74, 6) is -4.37. The fourth-order valence-corrected chi connectivity index (χ4v) is 2.35. The number of amides is 1. The molecular formula is C15H10F3N3O4. The highest BCUT2D eigenvalue weighted by molar-refractivity contribution is 5.99. The highest BCUT2D eigenvalue weighted by Gasteiger charge is 2.42. The predicted molar refractivity (Wildman–Crippen MR) is 76.5 cm³/mol. The Kier molecular flexibility index (Phi) is 4.03. The van der Waals surface area contributed by atoms with E-state index in [2.05, 4.69) is 20.0 Å². The zero-order chi connectivity index (χ0) is 18.2. The van der Waals surface area contributed by atoms with Crippen LogP contribution in [-0.2, 0) is 16.0 Å². The Balaban J connectivity index is 1.86. The Labute approximate surface area is 138 Å². The van der Waals surface area contributed by atoms with Crippen LogP contribution in [-0.4, -0.2) is 40.5 Å². The van der Waals surface area contributed by atoms with Crippen molar-refractivity contribution in [3.05, 3.63) is 41.3 Å². The number of alkyl halides is 3. The van der Waals surface area contributed by atoms with Gasteiger partial charge in [0, 0.05) is 36.1 Å². The topological polar surface area (TPSA) is 101 Å². The average Bonchev–Trinajstić information content (AvgIpc) is 3.00. The largest absolute Gasteiger partial charge is 0.491 e. The molecule has 0 atom stereocenters. The number of aromatic nitrogens is 2. The number of carbonyl (C=O) groups is 3. The summed E-state index contributed by atoms with van der Waals surface area (Å²) in [5.41, 5.74) is 1.60. The van der Waals surface area contributed by atoms with Crippen molar-refractivity contribution in [2.24, 2.45) is 0 Å². The quantitative estimate of drug-likeness (QED) is 0.631. The van der Waals surface area contributed by atoms with Crippen molar-refractivity contribution in [1.82, 2.24) is 15.3 Å². The van der Waals surface area contributed by atoms with Crippen LogP contribution in [0.25, 0.3) is 11.3 Å². The normalized spacial score (nSPS) is 13.8. The van der Waals surface area contributed by atoms with Crippen molar-refractivity contribution < 1.29 is 32.3 Å². The Morgan fingerprint density at radius 2 is 2.00 bits per heavy atom. The van der Waals surface area contributed by atoms with E-state index in [-0.39, 0.29) is 5.91 Å². The van der Waals surface area contributed by atoms with E-state index in [1.807, 2.05) is 0 Å². The molecule has 2 aromatic heterocycles. The molecule has 3 rings (SSSR count). The number of carbonyl (C=O) groups excluding carboxylic acids is 3. The van der Waals surface area contributed by atoms with Gasteiger partial charge in [-0.3, -0.25) is 4.79 Å². The molecule has 0 radical (unpaired) electrons. The Bertz CT molecular complexity index is 873. The Morgan fingerprint density at radius 1 is 1.24 bits per heavy atom. The fourth-order valence-electron chi connectivity index (χ4n) is 2.35. The van der Waals surface area contributed by atoms with Crippen molar-refractivity contribution in [3.63, 3.8) is 0 Å². The van der Waals surface area contributed by atoms with Crippen molar-refractivity contribution in [2.75, 3.05) is 6.54 Å². The molecule has 0 saturated carbocycles. The smallest absolute Gasteiger partial charge is 0.381 e. The zero-order valence-electron chi connectivity index (χ0n) is 12.4. The number of nitrogens with zero attached hydrogens (tertiary/aromatic N) is 1. The number of pyridine rings is 1. The SMILES string of the molecule is O=C(OC(=O)C(F)(F)F)c1cc(-c2cc3c([nH]2)CCNC3=O)ccn1. The molecule has 0 unspecified atom stereocenters. The Hall–Kier alpha value is -3.17. The van der Waals surface area contributed by atoms with Gasteiger partial charge in [0.15, 0.2) is 0 Å². The van der Waals surface area contributed by atoms with Crippen LogP contribution in [0.1, 0.15) is 26.5 Å². The van der Waals surface area contributed by atoms with Crippen molar-refractivity contribution >= 4 is 17.8 Å². The highest BCUT2D eigenvalue weighted by Crippen LogP contribution is 2.24. The summed E-state index contributed by atoms with van der Waals surface area (Å²) in [6.45, 7) is 0.485. The van der Waals surface area contributed by atoms with Gasteiger partial charge in [-0.05, 0) is 18.2 Å². The van der Waals surface area contributed by atoms with Gasteiger partial charge in [0.1, 0.15) is 5.69 Å². The third-order valence-electron chi connectivity index (χ3n) is 3.50. The van der Waals surface area contributed by atoms with Crippen LogP contribution in [0.2, 0.25) is 0 Å². The standard InChI is InChI=1S/C15H10F3N3O4/c16-15(17,18)14(24)25-13(23)11-5-7(1-3-19-11)10-6-8-9(21-10)2-4-20-12(8)22/h1,3,5-6,21H,2,4H2,(H,20,22). The molecule has 0 saturated heterocycles. The molecule has 2 aromatic rings. The lowest BCUT2D eigenvalue weighted by Gasteiger charge is -2.10. The van der Waals surface area contributed by atoms with Gasteiger partial charge in [-0.1, -0.05) is 0 Å². The first-order chi connectivity index (χ1) is 11.8. The molecule has 10 heteroatoms. The molecule has 0 bridgehead atoms. The van der Waals surface area contributed by atoms with Gasteiger partial charge >= 0.3 is 18.1 Å². The lowest BCUT2D eigenvalue weighted by molar-refractivity contribution is -0.193. The molecule has 7 nitrogen and oxygen atoms in total. The van der Waals surface area contributed by atoms with Crippen LogP contribution in [0.3, 0.4) is 0 Å². The second kappa shape index (κ2) is 6.04. The maximum atomic E-state index is 12.1. The van der Waals surface area contributed by atoms with Crippen LogP contribution < -0.4 is 5.32 Å². The van der Waals surface area contributed by atoms with E-state index in [4.69, 9.17) is 0 Å². The molecule has 1 amide bonds. The van der Waals surface area contributed by atoms with Gasteiger partial charge < -0.3 is 15.0 Å². The minimum Gasteiger partial charge on any atom is -0.381 e. The highest BCUT2D eigenvalue weighted by atomic mass is 19.4. The average molecular weight is 353 g/mol. The number of hydrogen-bond acceptors (Lipinski definition) is 5. The molecule has 3 heterocycles. The van der Waals surface area contributed by atoms with E-state index in [0.717, 1.165) is 0 Å². The number of hydrogen-bond donors (Lipinski definition) is 2. The fraction of sp³-hybridized carbons (Fsp3) is 0.200. The molecule has 0 aliphatic carbocycles. The first-order valence-corrected chi connectivity index (χ1v) is 7.05. The number of nitrogens with one attached hydrogen (secondary N) is 2. The predicted octanol–water partition coefficient (Wildman–Crippen LogP) is 1.61. The van der Waals surface area contributed by atoms with Gasteiger partial charge in [0.25, 0.3) is 5.91 Å². The number of esters is 2. The number of rotatable bonds is 2. The minimum absolute atomic E-state index is 0.242. The molecule has 1 aliphatic rings. The van der Waals surface area contributed by atoms with E-state index in [9.17, 15) is 27.6 Å². The third kappa shape index (κ3) is 3.37. The van der Waals surface area contributed by atoms with Crippen molar-refractivity contribution in [3.8, 4) is 11.3 Å². The van der Waals surface area contributed by atoms with Crippen molar-refractivity contribution in [2.45, 2.75) is 12.6 Å². The zero-order valence-corrected chi connectivity index (χ0v) is 12.4. The number of ether oxygens (including phenoxy) is 1. The number of aromatic amines is 1. The van der Waals surface area contributed by atoms with E-state index in [1.54, 1.807) is 6.07 Å². The summed E-state index contributed by atoms with van der Waals surface area (Å²) in [5, 5.41) is 2.68. The van der Waals surface area contributed by atoms with Crippen LogP contribution in [0, 0.1) is 0 Å². The van der Waals surface area contributed by atoms with E-state index >= 15 is 0 Å². The van der Waals surface area contributed by atoms with Crippen molar-refractivity contribution in [1.29, 1.82) is 0 Å². The van der Waals surface area contributed by atoms with Gasteiger partial charge in [-0.2, -0.15) is 13.2 Å². The van der Waals surface area contributed by atoms with Crippen LogP contribution in [0.5, 0.6) is 0 Å². The first-order valence-electron chi connectivity index (χ1n) is 7.05. The molecule has 0 aromatic carbocycles. The van der Waals surface area contributed by atoms with Crippen LogP contribution >= 0.6 is 0 Å². The van der Waals surface area contributed by atoms with Crippen LogP contribution in [0.15, 0.2) is 24.4 Å². The number of fused-ring (bicyclic) bond motifs is 1.